The van der Waals surface area contributed by atoms with Gasteiger partial charge in [0.05, 0.1) is 5.69 Å². The van der Waals surface area contributed by atoms with E-state index in [-0.39, 0.29) is 0 Å². The number of anilines is 1. The molecule has 0 atom stereocenters. The first-order valence-electron chi connectivity index (χ1n) is 4.52. The van der Waals surface area contributed by atoms with E-state index in [0.29, 0.717) is 12.2 Å². The predicted octanol–water partition coefficient (Wildman–Crippen LogP) is 0.282. The molecule has 0 unspecified atom stereocenters. The average Bonchev–Trinajstić information content (AvgIpc) is 2.18. The van der Waals surface area contributed by atoms with E-state index in [1.165, 1.54) is 7.05 Å². The van der Waals surface area contributed by atoms with Crippen molar-refractivity contribution in [2.75, 3.05) is 18.8 Å². The molecule has 0 aliphatic heterocycles. The van der Waals surface area contributed by atoms with Gasteiger partial charge < -0.3 is 5.32 Å². The Kier molecular flexibility index (Phi) is 4.07. The highest BCUT2D eigenvalue weighted by molar-refractivity contribution is 7.90. The summed E-state index contributed by atoms with van der Waals surface area (Å²) >= 11 is 0. The van der Waals surface area contributed by atoms with Crippen molar-refractivity contribution in [3.63, 3.8) is 0 Å². The fourth-order valence-corrected chi connectivity index (χ4v) is 1.69. The Morgan fingerprint density at radius 1 is 1.27 bits per heavy atom. The Labute approximate surface area is 90.1 Å². The summed E-state index contributed by atoms with van der Waals surface area (Å²) in [5.41, 5.74) is 1.57. The maximum absolute atomic E-state index is 11.2. The first-order valence-corrected chi connectivity index (χ1v) is 6.00. The first-order chi connectivity index (χ1) is 7.07. The lowest BCUT2D eigenvalue weighted by Crippen LogP contribution is -2.26. The van der Waals surface area contributed by atoms with Gasteiger partial charge in [-0.1, -0.05) is 12.1 Å². The molecule has 0 fully saturated rings. The van der Waals surface area contributed by atoms with E-state index < -0.39 is 10.2 Å². The number of hydrogen-bond acceptors (Lipinski definition) is 3. The van der Waals surface area contributed by atoms with Crippen molar-refractivity contribution < 1.29 is 8.42 Å². The molecule has 0 radical (unpaired) electrons. The smallest absolute Gasteiger partial charge is 0.298 e. The number of rotatable bonds is 5. The van der Waals surface area contributed by atoms with Crippen molar-refractivity contribution in [2.24, 2.45) is 0 Å². The van der Waals surface area contributed by atoms with Crippen LogP contribution in [0.1, 0.15) is 5.56 Å². The highest BCUT2D eigenvalue weighted by atomic mass is 32.2. The molecule has 15 heavy (non-hydrogen) atoms. The zero-order chi connectivity index (χ0) is 11.3. The van der Waals surface area contributed by atoms with Crippen molar-refractivity contribution in [1.29, 1.82) is 0 Å². The summed E-state index contributed by atoms with van der Waals surface area (Å²) in [5.74, 6) is 0. The normalized spacial score (nSPS) is 11.3. The number of benzene rings is 1. The minimum atomic E-state index is -3.42. The third kappa shape index (κ3) is 3.86. The summed E-state index contributed by atoms with van der Waals surface area (Å²) < 4.78 is 27.0. The van der Waals surface area contributed by atoms with E-state index in [0.717, 1.165) is 5.56 Å². The summed E-state index contributed by atoms with van der Waals surface area (Å²) in [6.45, 7) is 0.703. The van der Waals surface area contributed by atoms with Gasteiger partial charge in [-0.25, -0.2) is 4.72 Å². The lowest BCUT2D eigenvalue weighted by Gasteiger charge is -2.07. The van der Waals surface area contributed by atoms with Gasteiger partial charge in [0.2, 0.25) is 0 Å². The summed E-state index contributed by atoms with van der Waals surface area (Å²) in [4.78, 5) is 0. The first kappa shape index (κ1) is 12.0. The molecule has 1 aromatic rings. The molecule has 0 amide bonds. The molecule has 0 saturated carbocycles. The zero-order valence-electron chi connectivity index (χ0n) is 8.74. The fraction of sp³-hybridized carbons (Fsp3) is 0.333. The molecule has 5 nitrogen and oxygen atoms in total. The van der Waals surface area contributed by atoms with Crippen LogP contribution in [0.2, 0.25) is 0 Å². The molecular formula is C9H15N3O2S. The zero-order valence-corrected chi connectivity index (χ0v) is 9.56. The topological polar surface area (TPSA) is 70.2 Å². The van der Waals surface area contributed by atoms with Crippen molar-refractivity contribution in [2.45, 2.75) is 6.54 Å². The molecule has 0 heterocycles. The van der Waals surface area contributed by atoms with Gasteiger partial charge in [-0.2, -0.15) is 8.42 Å². The summed E-state index contributed by atoms with van der Waals surface area (Å²) in [6.07, 6.45) is 0. The van der Waals surface area contributed by atoms with E-state index in [9.17, 15) is 8.42 Å². The van der Waals surface area contributed by atoms with Crippen molar-refractivity contribution >= 4 is 15.9 Å². The summed E-state index contributed by atoms with van der Waals surface area (Å²) in [6, 6.07) is 7.22. The van der Waals surface area contributed by atoms with Crippen molar-refractivity contribution in [3.05, 3.63) is 29.8 Å². The van der Waals surface area contributed by atoms with E-state index in [2.05, 4.69) is 14.8 Å². The van der Waals surface area contributed by atoms with Crippen LogP contribution in [-0.2, 0) is 16.8 Å². The van der Waals surface area contributed by atoms with E-state index >= 15 is 0 Å². The largest absolute Gasteiger partial charge is 0.316 e. The predicted molar refractivity (Wildman–Crippen MR) is 60.8 cm³/mol. The van der Waals surface area contributed by atoms with Gasteiger partial charge in [-0.15, -0.1) is 0 Å². The summed E-state index contributed by atoms with van der Waals surface area (Å²) in [7, 11) is -0.226. The fourth-order valence-electron chi connectivity index (χ4n) is 1.16. The maximum atomic E-state index is 11.2. The van der Waals surface area contributed by atoms with Gasteiger partial charge in [0.25, 0.3) is 10.2 Å². The van der Waals surface area contributed by atoms with Gasteiger partial charge >= 0.3 is 0 Å². The van der Waals surface area contributed by atoms with Crippen LogP contribution >= 0.6 is 0 Å². The minimum absolute atomic E-state index is 0.553. The van der Waals surface area contributed by atoms with Crippen LogP contribution in [0.3, 0.4) is 0 Å². The Balaban J connectivity index is 2.82. The standard InChI is InChI=1S/C9H15N3O2S/c1-10-7-8-4-3-5-9(6-8)12-15(13,14)11-2/h3-6,10-12H,7H2,1-2H3. The number of nitrogens with one attached hydrogen (secondary N) is 3. The SMILES string of the molecule is CNCc1cccc(NS(=O)(=O)NC)c1. The van der Waals surface area contributed by atoms with Gasteiger partial charge in [0.1, 0.15) is 0 Å². The second-order valence-corrected chi connectivity index (χ2v) is 4.66. The third-order valence-electron chi connectivity index (χ3n) is 1.83. The molecule has 0 saturated heterocycles. The maximum Gasteiger partial charge on any atom is 0.298 e. The van der Waals surface area contributed by atoms with E-state index in [1.807, 2.05) is 13.1 Å². The molecule has 0 spiro atoms. The third-order valence-corrected chi connectivity index (χ3v) is 2.87. The van der Waals surface area contributed by atoms with Crippen LogP contribution in [0.15, 0.2) is 24.3 Å². The van der Waals surface area contributed by atoms with Gasteiger partial charge in [0.15, 0.2) is 0 Å². The monoisotopic (exact) mass is 229 g/mol. The highest BCUT2D eigenvalue weighted by Gasteiger charge is 2.05. The molecule has 1 rings (SSSR count). The molecule has 3 N–H and O–H groups in total. The molecule has 6 heteroatoms. The quantitative estimate of drug-likeness (QED) is 0.679. The average molecular weight is 229 g/mol. The Morgan fingerprint density at radius 3 is 2.60 bits per heavy atom. The molecule has 0 aliphatic rings. The minimum Gasteiger partial charge on any atom is -0.316 e. The molecule has 0 aromatic heterocycles. The lowest BCUT2D eigenvalue weighted by atomic mass is 10.2. The van der Waals surface area contributed by atoms with Crippen molar-refractivity contribution in [3.8, 4) is 0 Å². The van der Waals surface area contributed by atoms with Gasteiger partial charge in [0, 0.05) is 13.6 Å². The van der Waals surface area contributed by atoms with Crippen molar-refractivity contribution in [1.82, 2.24) is 10.0 Å². The molecule has 0 aliphatic carbocycles. The van der Waals surface area contributed by atoms with Gasteiger partial charge in [-0.3, -0.25) is 4.72 Å². The Morgan fingerprint density at radius 2 is 2.00 bits per heavy atom. The molecule has 84 valence electrons. The highest BCUT2D eigenvalue weighted by Crippen LogP contribution is 2.11. The van der Waals surface area contributed by atoms with Crippen LogP contribution in [0, 0.1) is 0 Å². The number of hydrogen-bond donors (Lipinski definition) is 3. The van der Waals surface area contributed by atoms with E-state index in [1.54, 1.807) is 18.2 Å². The Hall–Kier alpha value is -1.11. The second kappa shape index (κ2) is 5.11. The molecule has 0 bridgehead atoms. The van der Waals surface area contributed by atoms with Crippen LogP contribution in [0.4, 0.5) is 5.69 Å². The molecule has 1 aromatic carbocycles. The van der Waals surface area contributed by atoms with Crippen LogP contribution in [0.5, 0.6) is 0 Å². The Bertz CT molecular complexity index is 417. The summed E-state index contributed by atoms with van der Waals surface area (Å²) in [5, 5.41) is 3.00. The second-order valence-electron chi connectivity index (χ2n) is 3.04. The van der Waals surface area contributed by atoms with Crippen LogP contribution < -0.4 is 14.8 Å². The molecular weight excluding hydrogens is 214 g/mol. The van der Waals surface area contributed by atoms with Gasteiger partial charge in [-0.05, 0) is 24.7 Å². The van der Waals surface area contributed by atoms with Crippen LogP contribution in [0.25, 0.3) is 0 Å². The van der Waals surface area contributed by atoms with Crippen LogP contribution in [-0.4, -0.2) is 22.5 Å². The van der Waals surface area contributed by atoms with E-state index in [4.69, 9.17) is 0 Å². The lowest BCUT2D eigenvalue weighted by molar-refractivity contribution is 0.593.